The summed E-state index contributed by atoms with van der Waals surface area (Å²) in [6.07, 6.45) is 6.72. The van der Waals surface area contributed by atoms with Gasteiger partial charge in [0.25, 0.3) is 5.91 Å². The van der Waals surface area contributed by atoms with Gasteiger partial charge < -0.3 is 25.2 Å². The molecule has 8 heteroatoms. The number of benzene rings is 2. The molecule has 0 saturated heterocycles. The average molecular weight is 513 g/mol. The molecule has 0 atom stereocenters. The third kappa shape index (κ3) is 10.1. The first-order valence-electron chi connectivity index (χ1n) is 13.0. The first-order valence-corrected chi connectivity index (χ1v) is 13.0. The number of carbonyl (C=O) groups excluding carboxylic acids is 2. The van der Waals surface area contributed by atoms with E-state index in [4.69, 9.17) is 14.6 Å². The van der Waals surface area contributed by atoms with Gasteiger partial charge >= 0.3 is 12.1 Å². The van der Waals surface area contributed by atoms with E-state index in [1.807, 2.05) is 30.3 Å². The number of unbranched alkanes of at least 4 members (excludes halogenated alkanes) is 1. The summed E-state index contributed by atoms with van der Waals surface area (Å²) in [6, 6.07) is 18.0. The summed E-state index contributed by atoms with van der Waals surface area (Å²) in [4.78, 5) is 33.3. The van der Waals surface area contributed by atoms with Crippen LogP contribution < -0.4 is 15.4 Å². The molecule has 1 aliphatic rings. The van der Waals surface area contributed by atoms with Crippen LogP contribution in [0.1, 0.15) is 74.2 Å². The summed E-state index contributed by atoms with van der Waals surface area (Å²) in [5, 5.41) is 13.6. The minimum Gasteiger partial charge on any atom is -0.496 e. The lowest BCUT2D eigenvalue weighted by Crippen LogP contribution is -2.42. The summed E-state index contributed by atoms with van der Waals surface area (Å²) in [6.45, 7) is 3.18. The zero-order valence-electron chi connectivity index (χ0n) is 22.0. The Balaban J connectivity index is 0.000000317. The quantitative estimate of drug-likeness (QED) is 0.278. The monoisotopic (exact) mass is 512 g/mol. The molecule has 1 fully saturated rings. The van der Waals surface area contributed by atoms with Gasteiger partial charge in [0.05, 0.1) is 19.3 Å². The van der Waals surface area contributed by atoms with Crippen molar-refractivity contribution in [1.29, 1.82) is 0 Å². The normalized spacial score (nSPS) is 13.9. The van der Waals surface area contributed by atoms with Crippen LogP contribution in [0.15, 0.2) is 54.6 Å². The van der Waals surface area contributed by atoms with E-state index in [9.17, 15) is 14.4 Å². The maximum absolute atomic E-state index is 12.6. The molecule has 2 amide bonds. The number of hydrogen-bond acceptors (Lipinski definition) is 5. The predicted molar refractivity (Wildman–Crippen MR) is 143 cm³/mol. The van der Waals surface area contributed by atoms with Gasteiger partial charge in [0, 0.05) is 24.9 Å². The molecule has 202 valence electrons. The second kappa shape index (κ2) is 16.2. The molecule has 0 radical (unpaired) electrons. The highest BCUT2D eigenvalue weighted by Crippen LogP contribution is 2.39. The zero-order chi connectivity index (χ0) is 26.9. The Bertz CT molecular complexity index is 973. The smallest absolute Gasteiger partial charge is 0.404 e. The van der Waals surface area contributed by atoms with Gasteiger partial charge in [0.15, 0.2) is 0 Å². The van der Waals surface area contributed by atoms with Crippen molar-refractivity contribution < 1.29 is 29.0 Å². The first kappa shape index (κ1) is 29.7. The summed E-state index contributed by atoms with van der Waals surface area (Å²) in [5.74, 6) is 0.340. The van der Waals surface area contributed by atoms with Gasteiger partial charge in [-0.25, -0.2) is 4.79 Å². The third-order valence-electron chi connectivity index (χ3n) is 6.53. The standard InChI is InChI=1S/C21H25NO2.C8H15NO4/c1-24-19-13-7-6-12-18(19)20(23)22-16-21(14-8-3-9-15-21)17-10-4-2-5-11-17;1-2-7(10)13-6-4-3-5-9-8(11)12/h2,4-7,10-13H,3,8-9,14-16H2,1H3,(H,22,23);9H,2-6H2,1H3,(H,11,12). The van der Waals surface area contributed by atoms with Crippen LogP contribution in [0.25, 0.3) is 0 Å². The van der Waals surface area contributed by atoms with Crippen LogP contribution >= 0.6 is 0 Å². The minimum atomic E-state index is -1.02. The number of para-hydroxylation sites is 1. The fourth-order valence-electron chi connectivity index (χ4n) is 4.48. The summed E-state index contributed by atoms with van der Waals surface area (Å²) < 4.78 is 10.1. The Morgan fingerprint density at radius 2 is 1.59 bits per heavy atom. The maximum Gasteiger partial charge on any atom is 0.404 e. The fraction of sp³-hybridized carbons (Fsp3) is 0.483. The van der Waals surface area contributed by atoms with E-state index in [1.165, 1.54) is 24.8 Å². The van der Waals surface area contributed by atoms with Crippen LogP contribution in [-0.4, -0.2) is 49.9 Å². The average Bonchev–Trinajstić information content (AvgIpc) is 2.94. The molecular formula is C29H40N2O6. The van der Waals surface area contributed by atoms with Crippen molar-refractivity contribution in [3.63, 3.8) is 0 Å². The summed E-state index contributed by atoms with van der Waals surface area (Å²) in [5.41, 5.74) is 1.99. The van der Waals surface area contributed by atoms with Crippen LogP contribution in [0.3, 0.4) is 0 Å². The number of hydrogen-bond donors (Lipinski definition) is 3. The van der Waals surface area contributed by atoms with Crippen LogP contribution in [0.4, 0.5) is 4.79 Å². The second-order valence-corrected chi connectivity index (χ2v) is 9.10. The highest BCUT2D eigenvalue weighted by molar-refractivity contribution is 5.97. The minimum absolute atomic E-state index is 0.0528. The van der Waals surface area contributed by atoms with Crippen LogP contribution in [0.2, 0.25) is 0 Å². The molecule has 2 aromatic carbocycles. The van der Waals surface area contributed by atoms with Gasteiger partial charge in [0.1, 0.15) is 5.75 Å². The number of rotatable bonds is 11. The molecule has 0 aromatic heterocycles. The Labute approximate surface area is 219 Å². The highest BCUT2D eigenvalue weighted by Gasteiger charge is 2.34. The van der Waals surface area contributed by atoms with Gasteiger partial charge in [-0.1, -0.05) is 68.7 Å². The lowest BCUT2D eigenvalue weighted by molar-refractivity contribution is -0.143. The van der Waals surface area contributed by atoms with Gasteiger partial charge in [-0.15, -0.1) is 0 Å². The van der Waals surface area contributed by atoms with Crippen LogP contribution in [0.5, 0.6) is 5.75 Å². The first-order chi connectivity index (χ1) is 17.9. The number of amides is 2. The Kier molecular flexibility index (Phi) is 13.0. The molecular weight excluding hydrogens is 472 g/mol. The van der Waals surface area contributed by atoms with Crippen molar-refractivity contribution in [3.05, 3.63) is 65.7 Å². The number of ether oxygens (including phenoxy) is 2. The molecule has 0 spiro atoms. The molecule has 0 bridgehead atoms. The Morgan fingerprint density at radius 1 is 0.919 bits per heavy atom. The highest BCUT2D eigenvalue weighted by atomic mass is 16.5. The maximum atomic E-state index is 12.6. The largest absolute Gasteiger partial charge is 0.496 e. The van der Waals surface area contributed by atoms with Gasteiger partial charge in [0.2, 0.25) is 0 Å². The lowest BCUT2D eigenvalue weighted by atomic mass is 9.69. The van der Waals surface area contributed by atoms with Crippen molar-refractivity contribution in [2.75, 3.05) is 26.8 Å². The van der Waals surface area contributed by atoms with Crippen molar-refractivity contribution in [2.24, 2.45) is 0 Å². The van der Waals surface area contributed by atoms with Crippen molar-refractivity contribution in [3.8, 4) is 5.75 Å². The van der Waals surface area contributed by atoms with E-state index in [2.05, 4.69) is 34.9 Å². The van der Waals surface area contributed by atoms with E-state index in [0.29, 0.717) is 50.3 Å². The van der Waals surface area contributed by atoms with Gasteiger partial charge in [-0.05, 0) is 43.4 Å². The Morgan fingerprint density at radius 3 is 2.24 bits per heavy atom. The number of methoxy groups -OCH3 is 1. The van der Waals surface area contributed by atoms with Crippen LogP contribution in [-0.2, 0) is 14.9 Å². The topological polar surface area (TPSA) is 114 Å². The molecule has 2 aromatic rings. The SMILES string of the molecule is CCC(=O)OCCCCNC(=O)O.COc1ccccc1C(=O)NCC1(c2ccccc2)CCCCC1. The molecule has 0 unspecified atom stereocenters. The fourth-order valence-corrected chi connectivity index (χ4v) is 4.48. The van der Waals surface area contributed by atoms with E-state index in [1.54, 1.807) is 14.0 Å². The van der Waals surface area contributed by atoms with Crippen molar-refractivity contribution >= 4 is 18.0 Å². The molecule has 8 nitrogen and oxygen atoms in total. The van der Waals surface area contributed by atoms with Gasteiger partial charge in [-0.2, -0.15) is 0 Å². The molecule has 1 aliphatic carbocycles. The van der Waals surface area contributed by atoms with Gasteiger partial charge in [-0.3, -0.25) is 9.59 Å². The molecule has 1 saturated carbocycles. The van der Waals surface area contributed by atoms with Crippen molar-refractivity contribution in [2.45, 2.75) is 63.7 Å². The Hall–Kier alpha value is -3.55. The zero-order valence-corrected chi connectivity index (χ0v) is 22.0. The van der Waals surface area contributed by atoms with Crippen LogP contribution in [0, 0.1) is 0 Å². The predicted octanol–water partition coefficient (Wildman–Crippen LogP) is 5.31. The molecule has 3 N–H and O–H groups in total. The van der Waals surface area contributed by atoms with E-state index in [0.717, 1.165) is 12.8 Å². The summed E-state index contributed by atoms with van der Waals surface area (Å²) in [7, 11) is 1.60. The molecule has 3 rings (SSSR count). The molecule has 0 heterocycles. The number of carboxylic acid groups (broad SMARTS) is 1. The van der Waals surface area contributed by atoms with Crippen molar-refractivity contribution in [1.82, 2.24) is 10.6 Å². The lowest BCUT2D eigenvalue weighted by Gasteiger charge is -2.38. The third-order valence-corrected chi connectivity index (χ3v) is 6.53. The number of carbonyl (C=O) groups is 3. The second-order valence-electron chi connectivity index (χ2n) is 9.10. The van der Waals surface area contributed by atoms with E-state index < -0.39 is 6.09 Å². The van der Waals surface area contributed by atoms with E-state index in [-0.39, 0.29) is 17.3 Å². The molecule has 37 heavy (non-hydrogen) atoms. The molecule has 0 aliphatic heterocycles. The number of nitrogens with one attached hydrogen (secondary N) is 2. The number of esters is 1. The van der Waals surface area contributed by atoms with E-state index >= 15 is 0 Å². The summed E-state index contributed by atoms with van der Waals surface area (Å²) >= 11 is 0.